The van der Waals surface area contributed by atoms with E-state index < -0.39 is 0 Å². The van der Waals surface area contributed by atoms with Crippen molar-refractivity contribution in [2.24, 2.45) is 0 Å². The first kappa shape index (κ1) is 16.2. The van der Waals surface area contributed by atoms with Crippen molar-refractivity contribution in [1.29, 1.82) is 0 Å². The molecule has 1 aliphatic rings. The second kappa shape index (κ2) is 6.22. The minimum absolute atomic E-state index is 0.128. The van der Waals surface area contributed by atoms with E-state index in [0.29, 0.717) is 24.4 Å². The molecule has 1 saturated heterocycles. The summed E-state index contributed by atoms with van der Waals surface area (Å²) in [6.07, 6.45) is 0. The van der Waals surface area contributed by atoms with Gasteiger partial charge in [-0.3, -0.25) is 9.69 Å². The Balaban J connectivity index is 1.57. The van der Waals surface area contributed by atoms with Crippen molar-refractivity contribution >= 4 is 34.3 Å². The Bertz CT molecular complexity index is 983. The maximum Gasteiger partial charge on any atom is 0.321 e. The number of benzene rings is 2. The van der Waals surface area contributed by atoms with E-state index in [1.165, 1.54) is 0 Å². The molecule has 26 heavy (non-hydrogen) atoms. The van der Waals surface area contributed by atoms with E-state index in [-0.39, 0.29) is 17.7 Å². The number of nitrogens with zero attached hydrogens (tertiary/aromatic N) is 1. The van der Waals surface area contributed by atoms with Crippen molar-refractivity contribution < 1.29 is 14.0 Å². The van der Waals surface area contributed by atoms with Crippen LogP contribution in [0, 0.1) is 13.8 Å². The zero-order valence-corrected chi connectivity index (χ0v) is 14.6. The molecule has 0 saturated carbocycles. The van der Waals surface area contributed by atoms with Gasteiger partial charge < -0.3 is 15.1 Å². The number of rotatable bonds is 3. The Kier molecular flexibility index (Phi) is 3.88. The number of nitrogens with one attached hydrogen (secondary N) is 2. The molecule has 1 aromatic heterocycles. The fourth-order valence-corrected chi connectivity index (χ4v) is 3.08. The van der Waals surface area contributed by atoms with Crippen LogP contribution in [0.4, 0.5) is 16.2 Å². The van der Waals surface area contributed by atoms with E-state index >= 15 is 0 Å². The molecule has 2 aromatic carbocycles. The zero-order valence-electron chi connectivity index (χ0n) is 14.6. The molecule has 0 atom stereocenters. The van der Waals surface area contributed by atoms with Gasteiger partial charge in [-0.05, 0) is 61.4 Å². The molecule has 2 N–H and O–H groups in total. The van der Waals surface area contributed by atoms with E-state index in [0.717, 1.165) is 22.2 Å². The van der Waals surface area contributed by atoms with Gasteiger partial charge >= 0.3 is 6.03 Å². The number of anilines is 2. The molecule has 132 valence electrons. The van der Waals surface area contributed by atoms with E-state index in [4.69, 9.17) is 4.42 Å². The first-order valence-corrected chi connectivity index (χ1v) is 8.49. The number of fused-ring (bicyclic) bond motifs is 1. The Hall–Kier alpha value is -3.28. The summed E-state index contributed by atoms with van der Waals surface area (Å²) >= 11 is 0. The second-order valence-electron chi connectivity index (χ2n) is 6.47. The highest BCUT2D eigenvalue weighted by molar-refractivity contribution is 6.05. The first-order valence-electron chi connectivity index (χ1n) is 8.49. The maximum atomic E-state index is 12.6. The van der Waals surface area contributed by atoms with Crippen molar-refractivity contribution in [2.75, 3.05) is 23.3 Å². The van der Waals surface area contributed by atoms with Gasteiger partial charge in [0.25, 0.3) is 5.91 Å². The first-order chi connectivity index (χ1) is 12.5. The number of hydrogen-bond acceptors (Lipinski definition) is 3. The minimum atomic E-state index is -0.320. The highest BCUT2D eigenvalue weighted by Crippen LogP contribution is 2.25. The smallest absolute Gasteiger partial charge is 0.321 e. The van der Waals surface area contributed by atoms with E-state index in [9.17, 15) is 9.59 Å². The van der Waals surface area contributed by atoms with Crippen molar-refractivity contribution in [3.8, 4) is 0 Å². The third-order valence-electron chi connectivity index (χ3n) is 4.63. The van der Waals surface area contributed by atoms with Crippen LogP contribution < -0.4 is 15.5 Å². The van der Waals surface area contributed by atoms with Gasteiger partial charge in [0.1, 0.15) is 5.58 Å². The number of carbonyl (C=O) groups excluding carboxylic acids is 2. The largest absolute Gasteiger partial charge is 0.451 e. The molecular formula is C20H19N3O3. The van der Waals surface area contributed by atoms with Crippen LogP contribution in [-0.4, -0.2) is 25.0 Å². The lowest BCUT2D eigenvalue weighted by Gasteiger charge is -2.15. The Morgan fingerprint density at radius 3 is 2.73 bits per heavy atom. The van der Waals surface area contributed by atoms with Crippen LogP contribution >= 0.6 is 0 Å². The topological polar surface area (TPSA) is 74.6 Å². The van der Waals surface area contributed by atoms with Crippen LogP contribution in [0.15, 0.2) is 46.9 Å². The summed E-state index contributed by atoms with van der Waals surface area (Å²) in [6.45, 7) is 5.27. The normalized spacial score (nSPS) is 13.9. The molecule has 2 heterocycles. The number of furan rings is 1. The number of hydrogen-bond donors (Lipinski definition) is 2. The molecule has 0 aliphatic carbocycles. The van der Waals surface area contributed by atoms with Crippen LogP contribution in [0.1, 0.15) is 21.7 Å². The third kappa shape index (κ3) is 2.90. The van der Waals surface area contributed by atoms with Crippen molar-refractivity contribution in [2.45, 2.75) is 13.8 Å². The molecule has 3 aromatic rings. The quantitative estimate of drug-likeness (QED) is 0.754. The summed E-state index contributed by atoms with van der Waals surface area (Å²) in [5, 5.41) is 6.50. The molecule has 1 fully saturated rings. The summed E-state index contributed by atoms with van der Waals surface area (Å²) < 4.78 is 5.70. The number of aryl methyl sites for hydroxylation is 2. The molecule has 0 unspecified atom stereocenters. The maximum absolute atomic E-state index is 12.6. The monoisotopic (exact) mass is 349 g/mol. The van der Waals surface area contributed by atoms with Crippen LogP contribution in [0.3, 0.4) is 0 Å². The lowest BCUT2D eigenvalue weighted by atomic mass is 10.1. The summed E-state index contributed by atoms with van der Waals surface area (Å²) in [6, 6.07) is 12.8. The predicted molar refractivity (Wildman–Crippen MR) is 101 cm³/mol. The molecule has 6 heteroatoms. The molecule has 0 radical (unpaired) electrons. The van der Waals surface area contributed by atoms with Gasteiger partial charge in [0.05, 0.1) is 0 Å². The molecule has 0 spiro atoms. The molecule has 6 nitrogen and oxygen atoms in total. The van der Waals surface area contributed by atoms with Gasteiger partial charge in [-0.25, -0.2) is 4.79 Å². The van der Waals surface area contributed by atoms with Gasteiger partial charge in [-0.2, -0.15) is 0 Å². The highest BCUT2D eigenvalue weighted by Gasteiger charge is 2.21. The SMILES string of the molecule is Cc1cc2cc(C(=O)Nc3cccc(N4CCNC4=O)c3)oc2cc1C. The summed E-state index contributed by atoms with van der Waals surface area (Å²) in [5.41, 5.74) is 4.33. The molecule has 3 amide bonds. The van der Waals surface area contributed by atoms with Crippen molar-refractivity contribution in [3.63, 3.8) is 0 Å². The summed E-state index contributed by atoms with van der Waals surface area (Å²) in [5.74, 6) is -0.0613. The second-order valence-corrected chi connectivity index (χ2v) is 6.47. The average Bonchev–Trinajstić information content (AvgIpc) is 3.21. The van der Waals surface area contributed by atoms with E-state index in [1.807, 2.05) is 38.1 Å². The van der Waals surface area contributed by atoms with Crippen molar-refractivity contribution in [1.82, 2.24) is 5.32 Å². The number of urea groups is 1. The van der Waals surface area contributed by atoms with Crippen LogP contribution in [0.25, 0.3) is 11.0 Å². The standard InChI is InChI=1S/C20H19N3O3/c1-12-8-14-10-18(26-17(14)9-13(12)2)19(24)22-15-4-3-5-16(11-15)23-7-6-21-20(23)25/h3-5,8-11H,6-7H2,1-2H3,(H,21,25)(H,22,24). The van der Waals surface area contributed by atoms with Gasteiger partial charge in [0.2, 0.25) is 0 Å². The third-order valence-corrected chi connectivity index (χ3v) is 4.63. The van der Waals surface area contributed by atoms with Crippen LogP contribution in [-0.2, 0) is 0 Å². The molecule has 0 bridgehead atoms. The van der Waals surface area contributed by atoms with Gasteiger partial charge in [-0.1, -0.05) is 6.07 Å². The number of carbonyl (C=O) groups is 2. The van der Waals surface area contributed by atoms with E-state index in [2.05, 4.69) is 10.6 Å². The van der Waals surface area contributed by atoms with Crippen LogP contribution in [0.5, 0.6) is 0 Å². The van der Waals surface area contributed by atoms with Gasteiger partial charge in [-0.15, -0.1) is 0 Å². The average molecular weight is 349 g/mol. The number of amides is 3. The van der Waals surface area contributed by atoms with Crippen LogP contribution in [0.2, 0.25) is 0 Å². The Morgan fingerprint density at radius 1 is 1.15 bits per heavy atom. The fraction of sp³-hybridized carbons (Fsp3) is 0.200. The van der Waals surface area contributed by atoms with E-state index in [1.54, 1.807) is 23.1 Å². The molecular weight excluding hydrogens is 330 g/mol. The Labute approximate surface area is 150 Å². The minimum Gasteiger partial charge on any atom is -0.451 e. The molecule has 1 aliphatic heterocycles. The highest BCUT2D eigenvalue weighted by atomic mass is 16.3. The van der Waals surface area contributed by atoms with Gasteiger partial charge in [0.15, 0.2) is 5.76 Å². The fourth-order valence-electron chi connectivity index (χ4n) is 3.08. The summed E-state index contributed by atoms with van der Waals surface area (Å²) in [4.78, 5) is 26.0. The molecule has 4 rings (SSSR count). The Morgan fingerprint density at radius 2 is 1.96 bits per heavy atom. The van der Waals surface area contributed by atoms with Gasteiger partial charge in [0, 0.05) is 29.9 Å². The predicted octanol–water partition coefficient (Wildman–Crippen LogP) is 3.83. The lowest BCUT2D eigenvalue weighted by molar-refractivity contribution is 0.0998. The van der Waals surface area contributed by atoms with Crippen molar-refractivity contribution in [3.05, 3.63) is 59.4 Å². The lowest BCUT2D eigenvalue weighted by Crippen LogP contribution is -2.27. The zero-order chi connectivity index (χ0) is 18.3. The summed E-state index contributed by atoms with van der Waals surface area (Å²) in [7, 11) is 0.